The first-order valence-electron chi connectivity index (χ1n) is 8.61. The summed E-state index contributed by atoms with van der Waals surface area (Å²) in [4.78, 5) is 12.5. The zero-order valence-electron chi connectivity index (χ0n) is 15.1. The number of esters is 1. The Kier molecular flexibility index (Phi) is 5.80. The Morgan fingerprint density at radius 1 is 1.11 bits per heavy atom. The molecule has 0 aliphatic heterocycles. The minimum atomic E-state index is -0.885. The van der Waals surface area contributed by atoms with Gasteiger partial charge in [0.15, 0.2) is 6.23 Å². The Morgan fingerprint density at radius 2 is 1.78 bits per heavy atom. The molecule has 0 bridgehead atoms. The fraction of sp³-hybridized carbons (Fsp3) is 0.286. The summed E-state index contributed by atoms with van der Waals surface area (Å²) in [6.07, 6.45) is 0.791. The molecular formula is C21H21Cl2NO3. The number of halogens is 2. The molecular weight excluding hydrogens is 385 g/mol. The summed E-state index contributed by atoms with van der Waals surface area (Å²) in [6.45, 7) is 3.94. The van der Waals surface area contributed by atoms with Gasteiger partial charge >= 0.3 is 5.97 Å². The Labute approximate surface area is 168 Å². The molecule has 0 radical (unpaired) electrons. The van der Waals surface area contributed by atoms with E-state index >= 15 is 0 Å². The molecule has 4 nitrogen and oxygen atoms in total. The lowest BCUT2D eigenvalue weighted by molar-refractivity contribution is -0.151. The summed E-state index contributed by atoms with van der Waals surface area (Å²) < 4.78 is 11.4. The maximum atomic E-state index is 12.5. The second-order valence-corrected chi connectivity index (χ2v) is 8.13. The largest absolute Gasteiger partial charge is 0.457 e. The van der Waals surface area contributed by atoms with Gasteiger partial charge in [-0.2, -0.15) is 0 Å². The first kappa shape index (κ1) is 19.7. The van der Waals surface area contributed by atoms with Crippen molar-refractivity contribution in [3.05, 3.63) is 70.7 Å². The third-order valence-corrected chi connectivity index (χ3v) is 5.13. The van der Waals surface area contributed by atoms with Gasteiger partial charge in [0.05, 0.1) is 5.92 Å². The van der Waals surface area contributed by atoms with Crippen LogP contribution in [0.5, 0.6) is 11.5 Å². The summed E-state index contributed by atoms with van der Waals surface area (Å²) in [6, 6.07) is 16.6. The summed E-state index contributed by atoms with van der Waals surface area (Å²) in [7, 11) is 0. The van der Waals surface area contributed by atoms with Gasteiger partial charge in [0.1, 0.15) is 16.0 Å². The molecule has 0 saturated heterocycles. The van der Waals surface area contributed by atoms with E-state index < -0.39 is 6.23 Å². The number of para-hydroxylation sites is 1. The maximum Gasteiger partial charge on any atom is 0.311 e. The van der Waals surface area contributed by atoms with Gasteiger partial charge in [-0.1, -0.05) is 67.4 Å². The lowest BCUT2D eigenvalue weighted by atomic mass is 10.1. The molecule has 0 heterocycles. The highest BCUT2D eigenvalue weighted by Gasteiger charge is 2.61. The predicted molar refractivity (Wildman–Crippen MR) is 107 cm³/mol. The number of carbonyl (C=O) groups excluding carboxylic acids is 1. The van der Waals surface area contributed by atoms with Gasteiger partial charge in [-0.15, -0.1) is 0 Å². The average molecular weight is 406 g/mol. The minimum absolute atomic E-state index is 0.0602. The van der Waals surface area contributed by atoms with E-state index in [-0.39, 0.29) is 27.7 Å². The molecule has 2 aromatic carbocycles. The number of hydrogen-bond donors (Lipinski definition) is 1. The van der Waals surface area contributed by atoms with Crippen molar-refractivity contribution in [2.24, 2.45) is 23.0 Å². The number of nitrogens with two attached hydrogens (primary N) is 1. The molecule has 3 rings (SSSR count). The third kappa shape index (κ3) is 4.64. The standard InChI is InChI=1S/C21H21Cl2NO3/c1-21(2)16(12-17(22)23)18(21)20(25)27-19(24)13-7-6-10-15(11-13)26-14-8-4-3-5-9-14/h3-12,16,18-19H,24H2,1-2H3/t16-,18-,19-/m1/s1. The molecule has 0 amide bonds. The van der Waals surface area contributed by atoms with Crippen LogP contribution < -0.4 is 10.5 Å². The smallest absolute Gasteiger partial charge is 0.311 e. The van der Waals surface area contributed by atoms with Crippen LogP contribution in [0.15, 0.2) is 65.2 Å². The van der Waals surface area contributed by atoms with Crippen molar-refractivity contribution in [3.63, 3.8) is 0 Å². The van der Waals surface area contributed by atoms with Crippen molar-refractivity contribution in [1.82, 2.24) is 0 Å². The van der Waals surface area contributed by atoms with Gasteiger partial charge in [0.2, 0.25) is 0 Å². The van der Waals surface area contributed by atoms with Crippen LogP contribution >= 0.6 is 23.2 Å². The Bertz CT molecular complexity index is 848. The predicted octanol–water partition coefficient (Wildman–Crippen LogP) is 5.57. The first-order chi connectivity index (χ1) is 12.8. The fourth-order valence-electron chi connectivity index (χ4n) is 3.22. The van der Waals surface area contributed by atoms with Gasteiger partial charge in [0.25, 0.3) is 0 Å². The molecule has 2 N–H and O–H groups in total. The van der Waals surface area contributed by atoms with Crippen LogP contribution in [-0.2, 0) is 9.53 Å². The van der Waals surface area contributed by atoms with E-state index in [4.69, 9.17) is 38.4 Å². The number of hydrogen-bond acceptors (Lipinski definition) is 4. The van der Waals surface area contributed by atoms with Crippen molar-refractivity contribution >= 4 is 29.2 Å². The molecule has 2 aromatic rings. The molecule has 0 spiro atoms. The van der Waals surface area contributed by atoms with Gasteiger partial charge < -0.3 is 9.47 Å². The average Bonchev–Trinajstić information content (AvgIpc) is 3.15. The van der Waals surface area contributed by atoms with Crippen molar-refractivity contribution in [2.45, 2.75) is 20.1 Å². The topological polar surface area (TPSA) is 61.5 Å². The first-order valence-corrected chi connectivity index (χ1v) is 9.36. The van der Waals surface area contributed by atoms with E-state index in [1.54, 1.807) is 24.3 Å². The van der Waals surface area contributed by atoms with E-state index in [0.717, 1.165) is 0 Å². The van der Waals surface area contributed by atoms with E-state index in [1.807, 2.05) is 50.2 Å². The summed E-state index contributed by atoms with van der Waals surface area (Å²) in [5.41, 5.74) is 6.48. The molecule has 1 fully saturated rings. The van der Waals surface area contributed by atoms with Crippen molar-refractivity contribution in [3.8, 4) is 11.5 Å². The Morgan fingerprint density at radius 3 is 2.44 bits per heavy atom. The Hall–Kier alpha value is -2.01. The normalized spacial score (nSPS) is 21.1. The second kappa shape index (κ2) is 7.93. The van der Waals surface area contributed by atoms with Crippen molar-refractivity contribution in [2.75, 3.05) is 0 Å². The molecule has 1 aliphatic carbocycles. The van der Waals surface area contributed by atoms with Crippen LogP contribution in [0.1, 0.15) is 25.6 Å². The molecule has 1 aliphatic rings. The quantitative estimate of drug-likeness (QED) is 0.503. The lowest BCUT2D eigenvalue weighted by Crippen LogP contribution is -2.21. The van der Waals surface area contributed by atoms with Gasteiger partial charge in [0, 0.05) is 5.56 Å². The molecule has 27 heavy (non-hydrogen) atoms. The zero-order chi connectivity index (χ0) is 19.6. The summed E-state index contributed by atoms with van der Waals surface area (Å²) >= 11 is 11.5. The summed E-state index contributed by atoms with van der Waals surface area (Å²) in [5.74, 6) is 0.590. The molecule has 142 valence electrons. The number of ether oxygens (including phenoxy) is 2. The van der Waals surface area contributed by atoms with E-state index in [9.17, 15) is 4.79 Å². The third-order valence-electron chi connectivity index (χ3n) is 4.88. The highest BCUT2D eigenvalue weighted by atomic mass is 35.5. The van der Waals surface area contributed by atoms with Crippen LogP contribution in [0.3, 0.4) is 0 Å². The molecule has 1 saturated carbocycles. The minimum Gasteiger partial charge on any atom is -0.457 e. The second-order valence-electron chi connectivity index (χ2n) is 7.13. The monoisotopic (exact) mass is 405 g/mol. The van der Waals surface area contributed by atoms with Crippen LogP contribution in [0, 0.1) is 17.3 Å². The fourth-order valence-corrected chi connectivity index (χ4v) is 3.49. The number of rotatable bonds is 6. The van der Waals surface area contributed by atoms with E-state index in [2.05, 4.69) is 0 Å². The maximum absolute atomic E-state index is 12.5. The summed E-state index contributed by atoms with van der Waals surface area (Å²) in [5, 5.41) is 0. The molecule has 0 aromatic heterocycles. The van der Waals surface area contributed by atoms with Gasteiger partial charge in [-0.3, -0.25) is 10.5 Å². The number of benzene rings is 2. The van der Waals surface area contributed by atoms with E-state index in [0.29, 0.717) is 17.1 Å². The number of carbonyl (C=O) groups is 1. The van der Waals surface area contributed by atoms with Crippen molar-refractivity contribution < 1.29 is 14.3 Å². The van der Waals surface area contributed by atoms with Crippen LogP contribution in [0.2, 0.25) is 0 Å². The molecule has 3 atom stereocenters. The van der Waals surface area contributed by atoms with Crippen LogP contribution in [0.25, 0.3) is 0 Å². The van der Waals surface area contributed by atoms with Gasteiger partial charge in [-0.05, 0) is 41.7 Å². The van der Waals surface area contributed by atoms with Crippen LogP contribution in [0.4, 0.5) is 0 Å². The highest BCUT2D eigenvalue weighted by molar-refractivity contribution is 6.55. The number of allylic oxidation sites excluding steroid dienone is 1. The Balaban J connectivity index is 1.66. The van der Waals surface area contributed by atoms with Crippen LogP contribution in [-0.4, -0.2) is 5.97 Å². The highest BCUT2D eigenvalue weighted by Crippen LogP contribution is 2.60. The lowest BCUT2D eigenvalue weighted by Gasteiger charge is -2.15. The SMILES string of the molecule is CC1(C)[C@H](C=C(Cl)Cl)[C@@H]1C(=O)O[C@@H](N)c1cccc(Oc2ccccc2)c1. The van der Waals surface area contributed by atoms with Gasteiger partial charge in [-0.25, -0.2) is 0 Å². The molecule has 6 heteroatoms. The van der Waals surface area contributed by atoms with Crippen molar-refractivity contribution in [1.29, 1.82) is 0 Å². The zero-order valence-corrected chi connectivity index (χ0v) is 16.6. The molecule has 0 unspecified atom stereocenters. The van der Waals surface area contributed by atoms with E-state index in [1.165, 1.54) is 0 Å².